The highest BCUT2D eigenvalue weighted by atomic mass is 32.1. The molecule has 3 atom stereocenters. The van der Waals surface area contributed by atoms with Crippen molar-refractivity contribution in [2.45, 2.75) is 72.2 Å². The van der Waals surface area contributed by atoms with Crippen molar-refractivity contribution in [1.82, 2.24) is 25.8 Å². The number of rotatable bonds is 14. The van der Waals surface area contributed by atoms with E-state index in [0.717, 1.165) is 56.0 Å². The summed E-state index contributed by atoms with van der Waals surface area (Å²) in [6.07, 6.45) is -0.0840. The zero-order chi connectivity index (χ0) is 45.1. The van der Waals surface area contributed by atoms with Crippen molar-refractivity contribution in [3.8, 4) is 33.8 Å². The SMILES string of the molecule is CC/C(=C(\c1ccc(O)cc1)c1ccc(OCCNC(=O)C#CC(=O)N[C@H](C(=O)N2C[C@H](O)C[C@H]2C(=O)NCc2ccc(-c3scnc3C)cc2)C(C)(C)C)cc1)c1ccccc1. The molecule has 0 radical (unpaired) electrons. The molecule has 4 aromatic carbocycles. The monoisotopic (exact) mass is 867 g/mol. The summed E-state index contributed by atoms with van der Waals surface area (Å²) >= 11 is 1.56. The number of aliphatic hydroxyl groups is 1. The van der Waals surface area contributed by atoms with Crippen LogP contribution in [-0.2, 0) is 25.7 Å². The Kier molecular flexibility index (Phi) is 15.2. The van der Waals surface area contributed by atoms with Gasteiger partial charge in [0.25, 0.3) is 11.8 Å². The first kappa shape index (κ1) is 45.8. The highest BCUT2D eigenvalue weighted by molar-refractivity contribution is 7.13. The maximum Gasteiger partial charge on any atom is 0.297 e. The number of phenolic OH excluding ortho intramolecular Hbond substituents is 1. The third kappa shape index (κ3) is 12.0. The van der Waals surface area contributed by atoms with E-state index >= 15 is 0 Å². The van der Waals surface area contributed by atoms with Crippen molar-refractivity contribution in [2.75, 3.05) is 19.7 Å². The van der Waals surface area contributed by atoms with Crippen LogP contribution in [0.2, 0.25) is 0 Å². The minimum absolute atomic E-state index is 0.0504. The number of amides is 4. The zero-order valence-corrected chi connectivity index (χ0v) is 36.9. The van der Waals surface area contributed by atoms with Crippen molar-refractivity contribution >= 4 is 46.1 Å². The fourth-order valence-corrected chi connectivity index (χ4v) is 8.28. The number of aromatic nitrogens is 1. The number of β-amino-alcohol motifs (C(OH)–C–C–N with tert-alkyl or cyclic N) is 1. The molecule has 0 bridgehead atoms. The molecule has 5 N–H and O–H groups in total. The Hall–Kier alpha value is -6.75. The minimum atomic E-state index is -1.11. The predicted molar refractivity (Wildman–Crippen MR) is 245 cm³/mol. The normalized spacial score (nSPS) is 15.6. The van der Waals surface area contributed by atoms with Gasteiger partial charge >= 0.3 is 0 Å². The van der Waals surface area contributed by atoms with E-state index in [4.69, 9.17) is 4.74 Å². The largest absolute Gasteiger partial charge is 0.508 e. The minimum Gasteiger partial charge on any atom is -0.508 e. The summed E-state index contributed by atoms with van der Waals surface area (Å²) in [7, 11) is 0. The molecule has 2 heterocycles. The van der Waals surface area contributed by atoms with Gasteiger partial charge in [-0.15, -0.1) is 11.3 Å². The zero-order valence-electron chi connectivity index (χ0n) is 36.1. The molecular weight excluding hydrogens is 815 g/mol. The Morgan fingerprint density at radius 1 is 0.873 bits per heavy atom. The van der Waals surface area contributed by atoms with Crippen molar-refractivity contribution < 1.29 is 34.1 Å². The Labute approximate surface area is 372 Å². The predicted octanol–water partition coefficient (Wildman–Crippen LogP) is 6.50. The highest BCUT2D eigenvalue weighted by Crippen LogP contribution is 2.36. The molecule has 63 heavy (non-hydrogen) atoms. The lowest BCUT2D eigenvalue weighted by atomic mass is 9.85. The van der Waals surface area contributed by atoms with Crippen LogP contribution in [0.3, 0.4) is 0 Å². The number of nitrogens with zero attached hydrogens (tertiary/aromatic N) is 2. The van der Waals surface area contributed by atoms with Gasteiger partial charge in [0.1, 0.15) is 30.2 Å². The van der Waals surface area contributed by atoms with Crippen LogP contribution in [0.4, 0.5) is 0 Å². The molecule has 1 aromatic heterocycles. The number of phenols is 1. The second-order valence-corrected chi connectivity index (χ2v) is 17.2. The fourth-order valence-electron chi connectivity index (χ4n) is 7.46. The van der Waals surface area contributed by atoms with Crippen LogP contribution in [0.5, 0.6) is 11.5 Å². The van der Waals surface area contributed by atoms with Crippen LogP contribution in [-0.4, -0.2) is 81.6 Å². The molecule has 6 rings (SSSR count). The first-order chi connectivity index (χ1) is 30.2. The van der Waals surface area contributed by atoms with Gasteiger partial charge < -0.3 is 35.8 Å². The number of likely N-dealkylation sites (tertiary alicyclic amines) is 1. The molecule has 1 fully saturated rings. The molecule has 1 aliphatic rings. The summed E-state index contributed by atoms with van der Waals surface area (Å²) in [5.74, 6) is 2.83. The van der Waals surface area contributed by atoms with Gasteiger partial charge in [0.2, 0.25) is 11.8 Å². The Morgan fingerprint density at radius 2 is 1.52 bits per heavy atom. The van der Waals surface area contributed by atoms with E-state index in [0.29, 0.717) is 5.75 Å². The lowest BCUT2D eigenvalue weighted by molar-refractivity contribution is -0.143. The van der Waals surface area contributed by atoms with E-state index in [1.54, 1.807) is 49.8 Å². The summed E-state index contributed by atoms with van der Waals surface area (Å²) in [5, 5.41) is 28.6. The van der Waals surface area contributed by atoms with Gasteiger partial charge in [0.15, 0.2) is 0 Å². The number of nitrogens with one attached hydrogen (secondary N) is 3. The van der Waals surface area contributed by atoms with Gasteiger partial charge in [-0.25, -0.2) is 4.98 Å². The van der Waals surface area contributed by atoms with Crippen LogP contribution in [0.15, 0.2) is 109 Å². The summed E-state index contributed by atoms with van der Waals surface area (Å²) in [6, 6.07) is 30.7. The second kappa shape index (κ2) is 20.9. The van der Waals surface area contributed by atoms with E-state index in [-0.39, 0.29) is 38.4 Å². The number of aliphatic hydroxyl groups excluding tert-OH is 1. The Morgan fingerprint density at radius 3 is 2.14 bits per heavy atom. The number of hydrogen-bond donors (Lipinski definition) is 5. The number of aromatic hydroxyl groups is 1. The van der Waals surface area contributed by atoms with Crippen LogP contribution in [0.1, 0.15) is 68.5 Å². The summed E-state index contributed by atoms with van der Waals surface area (Å²) in [5.41, 5.74) is 9.10. The van der Waals surface area contributed by atoms with Crippen molar-refractivity contribution in [2.24, 2.45) is 5.41 Å². The average molecular weight is 868 g/mol. The lowest BCUT2D eigenvalue weighted by Crippen LogP contribution is -2.57. The van der Waals surface area contributed by atoms with Gasteiger partial charge in [-0.3, -0.25) is 19.2 Å². The third-order valence-electron chi connectivity index (χ3n) is 10.7. The number of aryl methyl sites for hydroxylation is 1. The van der Waals surface area contributed by atoms with Crippen LogP contribution < -0.4 is 20.7 Å². The quantitative estimate of drug-likeness (QED) is 0.0479. The Balaban J connectivity index is 1.01. The first-order valence-electron chi connectivity index (χ1n) is 20.9. The second-order valence-electron chi connectivity index (χ2n) is 16.3. The molecule has 0 spiro atoms. The summed E-state index contributed by atoms with van der Waals surface area (Å²) < 4.78 is 5.88. The standard InChI is InChI=1S/C50H53N5O7S/c1-6-41(34-10-8-7-9-11-34)45(35-16-20-38(56)21-17-35)36-18-22-40(23-19-36)62-27-26-51-43(58)24-25-44(59)54-47(50(3,4)5)49(61)55-30-39(57)28-42(55)48(60)52-29-33-12-14-37(15-13-33)46-32(2)53-31-63-46/h7-23,31,39,42,47,56-57H,6,26-30H2,1-5H3,(H,51,58)(H,52,60)(H,54,59)/b45-41-/t39-,42+,47-/m1/s1. The van der Waals surface area contributed by atoms with Gasteiger partial charge in [0, 0.05) is 31.4 Å². The molecular formula is C50H53N5O7S. The summed E-state index contributed by atoms with van der Waals surface area (Å²) in [6.45, 7) is 9.77. The number of carbonyl (C=O) groups excluding carboxylic acids is 4. The molecule has 0 aliphatic carbocycles. The third-order valence-corrected chi connectivity index (χ3v) is 11.7. The molecule has 326 valence electrons. The van der Waals surface area contributed by atoms with Gasteiger partial charge in [-0.05, 0) is 82.0 Å². The van der Waals surface area contributed by atoms with Gasteiger partial charge in [-0.2, -0.15) is 0 Å². The molecule has 1 aliphatic heterocycles. The van der Waals surface area contributed by atoms with E-state index in [9.17, 15) is 29.4 Å². The highest BCUT2D eigenvalue weighted by Gasteiger charge is 2.44. The van der Waals surface area contributed by atoms with E-state index in [1.807, 2.05) is 85.8 Å². The molecule has 4 amide bonds. The molecule has 0 unspecified atom stereocenters. The number of allylic oxidation sites excluding steroid dienone is 1. The fraction of sp³-hybridized carbons (Fsp3) is 0.300. The number of carbonyl (C=O) groups is 4. The number of benzene rings is 4. The topological polar surface area (TPSA) is 170 Å². The van der Waals surface area contributed by atoms with Crippen molar-refractivity contribution in [3.05, 3.63) is 137 Å². The molecule has 0 saturated carbocycles. The van der Waals surface area contributed by atoms with Crippen molar-refractivity contribution in [3.63, 3.8) is 0 Å². The molecule has 12 nitrogen and oxygen atoms in total. The number of hydrogen-bond acceptors (Lipinski definition) is 9. The van der Waals surface area contributed by atoms with Gasteiger partial charge in [0.05, 0.1) is 28.7 Å². The van der Waals surface area contributed by atoms with E-state index < -0.39 is 47.2 Å². The summed E-state index contributed by atoms with van der Waals surface area (Å²) in [4.78, 5) is 59.7. The van der Waals surface area contributed by atoms with E-state index in [2.05, 4.69) is 51.8 Å². The molecule has 13 heteroatoms. The lowest BCUT2D eigenvalue weighted by Gasteiger charge is -2.34. The first-order valence-corrected chi connectivity index (χ1v) is 21.8. The van der Waals surface area contributed by atoms with Crippen LogP contribution >= 0.6 is 11.3 Å². The number of ether oxygens (including phenoxy) is 1. The van der Waals surface area contributed by atoms with Crippen molar-refractivity contribution in [1.29, 1.82) is 0 Å². The molecule has 1 saturated heterocycles. The number of thiazole rings is 1. The van der Waals surface area contributed by atoms with E-state index in [1.165, 1.54) is 4.90 Å². The van der Waals surface area contributed by atoms with Gasteiger partial charge in [-0.1, -0.05) is 107 Å². The molecule has 5 aromatic rings. The maximum atomic E-state index is 14.0. The maximum absolute atomic E-state index is 14.0. The Bertz CT molecular complexity index is 2480. The smallest absolute Gasteiger partial charge is 0.297 e. The van der Waals surface area contributed by atoms with Crippen LogP contribution in [0, 0.1) is 24.2 Å². The van der Waals surface area contributed by atoms with Crippen LogP contribution in [0.25, 0.3) is 21.6 Å². The average Bonchev–Trinajstić information content (AvgIpc) is 3.90.